The highest BCUT2D eigenvalue weighted by atomic mass is 16.1. The highest BCUT2D eigenvalue weighted by molar-refractivity contribution is 5.99. The van der Waals surface area contributed by atoms with Gasteiger partial charge in [-0.15, -0.1) is 0 Å². The second-order valence-electron chi connectivity index (χ2n) is 8.97. The summed E-state index contributed by atoms with van der Waals surface area (Å²) in [6.45, 7) is 0.523. The number of hydrogen-bond acceptors (Lipinski definition) is 3. The number of para-hydroxylation sites is 1. The number of nitrogen functional groups attached to an aromatic ring is 1. The average molecular weight is 487 g/mol. The van der Waals surface area contributed by atoms with E-state index in [4.69, 9.17) is 10.7 Å². The molecular weight excluding hydrogens is 456 g/mol. The van der Waals surface area contributed by atoms with Crippen molar-refractivity contribution in [3.8, 4) is 0 Å². The van der Waals surface area contributed by atoms with Crippen LogP contribution in [0, 0.1) is 0 Å². The van der Waals surface area contributed by atoms with Gasteiger partial charge in [-0.05, 0) is 35.2 Å². The molecule has 3 N–H and O–H groups in total. The molecule has 0 saturated carbocycles. The standard InChI is InChI=1S/C32H30N4O/c33-29-20-11-10-19-28(29)31(37)35-22-12-21-30-34-23-24-36(30)32(25-13-4-1-5-14-25,26-15-6-2-7-16-26)27-17-8-3-9-18-27/h1-11,13-20,23-24H,12,21-22,33H2,(H,35,37). The van der Waals surface area contributed by atoms with E-state index in [2.05, 4.69) is 88.9 Å². The molecule has 0 atom stereocenters. The lowest BCUT2D eigenvalue weighted by Crippen LogP contribution is -2.38. The second-order valence-corrected chi connectivity index (χ2v) is 8.97. The van der Waals surface area contributed by atoms with Crippen LogP contribution in [0.3, 0.4) is 0 Å². The van der Waals surface area contributed by atoms with Gasteiger partial charge in [0.2, 0.25) is 0 Å². The van der Waals surface area contributed by atoms with E-state index >= 15 is 0 Å². The summed E-state index contributed by atoms with van der Waals surface area (Å²) in [6.07, 6.45) is 5.36. The van der Waals surface area contributed by atoms with Gasteiger partial charge in [0.25, 0.3) is 5.91 Å². The molecule has 0 saturated heterocycles. The number of rotatable bonds is 9. The zero-order valence-electron chi connectivity index (χ0n) is 20.6. The number of carbonyl (C=O) groups is 1. The van der Waals surface area contributed by atoms with Crippen LogP contribution in [0.1, 0.15) is 39.3 Å². The van der Waals surface area contributed by atoms with Gasteiger partial charge in [-0.25, -0.2) is 4.98 Å². The fourth-order valence-electron chi connectivity index (χ4n) is 5.03. The Morgan fingerprint density at radius 2 is 1.27 bits per heavy atom. The molecule has 0 aliphatic carbocycles. The van der Waals surface area contributed by atoms with E-state index < -0.39 is 5.54 Å². The van der Waals surface area contributed by atoms with Crippen LogP contribution in [0.25, 0.3) is 0 Å². The number of anilines is 1. The lowest BCUT2D eigenvalue weighted by Gasteiger charge is -2.38. The number of imidazole rings is 1. The van der Waals surface area contributed by atoms with Crippen molar-refractivity contribution in [2.24, 2.45) is 0 Å². The summed E-state index contributed by atoms with van der Waals surface area (Å²) in [4.78, 5) is 17.4. The first-order valence-corrected chi connectivity index (χ1v) is 12.5. The van der Waals surface area contributed by atoms with Gasteiger partial charge in [0.15, 0.2) is 0 Å². The van der Waals surface area contributed by atoms with Gasteiger partial charge in [-0.1, -0.05) is 103 Å². The fourth-order valence-corrected chi connectivity index (χ4v) is 5.03. The van der Waals surface area contributed by atoms with Gasteiger partial charge < -0.3 is 15.6 Å². The molecule has 1 heterocycles. The summed E-state index contributed by atoms with van der Waals surface area (Å²) < 4.78 is 2.28. The van der Waals surface area contributed by atoms with Crippen molar-refractivity contribution >= 4 is 11.6 Å². The Kier molecular flexibility index (Phi) is 7.13. The van der Waals surface area contributed by atoms with Crippen molar-refractivity contribution in [3.63, 3.8) is 0 Å². The molecule has 0 fully saturated rings. The molecule has 1 amide bonds. The number of aryl methyl sites for hydroxylation is 1. The van der Waals surface area contributed by atoms with Gasteiger partial charge in [-0.2, -0.15) is 0 Å². The fraction of sp³-hybridized carbons (Fsp3) is 0.125. The first kappa shape index (κ1) is 24.1. The highest BCUT2D eigenvalue weighted by Gasteiger charge is 2.39. The van der Waals surface area contributed by atoms with Crippen LogP contribution in [0.5, 0.6) is 0 Å². The third kappa shape index (κ3) is 4.76. The molecule has 0 bridgehead atoms. The highest BCUT2D eigenvalue weighted by Crippen LogP contribution is 2.41. The second kappa shape index (κ2) is 11.0. The number of amides is 1. The normalized spacial score (nSPS) is 11.2. The van der Waals surface area contributed by atoms with Crippen LogP contribution >= 0.6 is 0 Å². The van der Waals surface area contributed by atoms with Crippen molar-refractivity contribution in [3.05, 3.63) is 156 Å². The predicted molar refractivity (Wildman–Crippen MR) is 148 cm³/mol. The average Bonchev–Trinajstić information content (AvgIpc) is 3.42. The molecule has 184 valence electrons. The molecule has 0 unspecified atom stereocenters. The molecular formula is C32H30N4O. The summed E-state index contributed by atoms with van der Waals surface area (Å²) in [5.74, 6) is 0.790. The molecule has 37 heavy (non-hydrogen) atoms. The Bertz CT molecular complexity index is 1350. The van der Waals surface area contributed by atoms with Crippen molar-refractivity contribution < 1.29 is 4.79 Å². The van der Waals surface area contributed by atoms with E-state index in [9.17, 15) is 4.79 Å². The summed E-state index contributed by atoms with van der Waals surface area (Å²) in [5.41, 5.74) is 9.80. The van der Waals surface area contributed by atoms with E-state index in [1.54, 1.807) is 12.1 Å². The lowest BCUT2D eigenvalue weighted by atomic mass is 9.76. The Balaban J connectivity index is 1.49. The molecule has 4 aromatic carbocycles. The molecule has 5 aromatic rings. The van der Waals surface area contributed by atoms with Gasteiger partial charge in [-0.3, -0.25) is 4.79 Å². The molecule has 0 spiro atoms. The van der Waals surface area contributed by atoms with Crippen molar-refractivity contribution in [1.29, 1.82) is 0 Å². The topological polar surface area (TPSA) is 72.9 Å². The van der Waals surface area contributed by atoms with Crippen LogP contribution in [0.15, 0.2) is 128 Å². The van der Waals surface area contributed by atoms with E-state index in [0.29, 0.717) is 24.2 Å². The zero-order chi connectivity index (χ0) is 25.5. The summed E-state index contributed by atoms with van der Waals surface area (Å²) in [5, 5.41) is 3.00. The molecule has 5 rings (SSSR count). The molecule has 0 radical (unpaired) electrons. The van der Waals surface area contributed by atoms with Crippen LogP contribution < -0.4 is 11.1 Å². The van der Waals surface area contributed by atoms with Gasteiger partial charge in [0.1, 0.15) is 11.4 Å². The van der Waals surface area contributed by atoms with Gasteiger partial charge in [0, 0.05) is 31.0 Å². The maximum atomic E-state index is 12.6. The Hall–Kier alpha value is -4.64. The number of nitrogens with two attached hydrogens (primary N) is 1. The van der Waals surface area contributed by atoms with Crippen molar-refractivity contribution in [2.75, 3.05) is 12.3 Å². The van der Waals surface area contributed by atoms with Gasteiger partial charge >= 0.3 is 0 Å². The quantitative estimate of drug-likeness (QED) is 0.160. The minimum Gasteiger partial charge on any atom is -0.398 e. The predicted octanol–water partition coefficient (Wildman–Crippen LogP) is 5.67. The van der Waals surface area contributed by atoms with E-state index in [1.165, 1.54) is 0 Å². The van der Waals surface area contributed by atoms with Crippen LogP contribution in [-0.2, 0) is 12.0 Å². The van der Waals surface area contributed by atoms with Crippen LogP contribution in [0.2, 0.25) is 0 Å². The third-order valence-corrected chi connectivity index (χ3v) is 6.72. The minimum atomic E-state index is -0.600. The molecule has 5 heteroatoms. The first-order valence-electron chi connectivity index (χ1n) is 12.5. The zero-order valence-corrected chi connectivity index (χ0v) is 20.6. The number of carbonyl (C=O) groups excluding carboxylic acids is 1. The SMILES string of the molecule is Nc1ccccc1C(=O)NCCCc1nccn1C(c1ccccc1)(c1ccccc1)c1ccccc1. The number of benzene rings is 4. The molecule has 0 aliphatic rings. The van der Waals surface area contributed by atoms with E-state index in [0.717, 1.165) is 28.9 Å². The van der Waals surface area contributed by atoms with Crippen molar-refractivity contribution in [2.45, 2.75) is 18.4 Å². The number of nitrogens with one attached hydrogen (secondary N) is 1. The number of aromatic nitrogens is 2. The Morgan fingerprint density at radius 1 is 0.757 bits per heavy atom. The maximum absolute atomic E-state index is 12.6. The summed E-state index contributed by atoms with van der Waals surface area (Å²) in [7, 11) is 0. The summed E-state index contributed by atoms with van der Waals surface area (Å²) in [6, 6.07) is 38.8. The van der Waals surface area contributed by atoms with Crippen LogP contribution in [0.4, 0.5) is 5.69 Å². The Morgan fingerprint density at radius 3 is 1.81 bits per heavy atom. The van der Waals surface area contributed by atoms with Crippen LogP contribution in [-0.4, -0.2) is 22.0 Å². The van der Waals surface area contributed by atoms with Gasteiger partial charge in [0.05, 0.1) is 5.56 Å². The third-order valence-electron chi connectivity index (χ3n) is 6.72. The largest absolute Gasteiger partial charge is 0.398 e. The maximum Gasteiger partial charge on any atom is 0.253 e. The smallest absolute Gasteiger partial charge is 0.253 e. The Labute approximate surface area is 217 Å². The molecule has 1 aromatic heterocycles. The molecule has 5 nitrogen and oxygen atoms in total. The monoisotopic (exact) mass is 486 g/mol. The van der Waals surface area contributed by atoms with Crippen molar-refractivity contribution in [1.82, 2.24) is 14.9 Å². The minimum absolute atomic E-state index is 0.159. The molecule has 0 aliphatic heterocycles. The van der Waals surface area contributed by atoms with E-state index in [-0.39, 0.29) is 5.91 Å². The number of nitrogens with zero attached hydrogens (tertiary/aromatic N) is 2. The summed E-state index contributed by atoms with van der Waals surface area (Å²) >= 11 is 0. The van der Waals surface area contributed by atoms with E-state index in [1.807, 2.05) is 36.5 Å². The number of hydrogen-bond donors (Lipinski definition) is 2. The first-order chi connectivity index (χ1) is 18.2. The lowest BCUT2D eigenvalue weighted by molar-refractivity contribution is 0.0954.